The minimum atomic E-state index is -3.50. The third-order valence-electron chi connectivity index (χ3n) is 4.78. The summed E-state index contributed by atoms with van der Waals surface area (Å²) < 4.78 is 62.9. The number of fused-ring (bicyclic) bond motifs is 1. The van der Waals surface area contributed by atoms with Gasteiger partial charge in [-0.3, -0.25) is 4.98 Å². The molecule has 1 N–H and O–H groups in total. The minimum Gasteiger partial charge on any atom is -0.452 e. The van der Waals surface area contributed by atoms with Gasteiger partial charge in [-0.2, -0.15) is 0 Å². The number of aromatic amines is 1. The van der Waals surface area contributed by atoms with Crippen LogP contribution in [0.25, 0.3) is 22.6 Å². The van der Waals surface area contributed by atoms with Crippen molar-refractivity contribution in [2.75, 3.05) is 6.26 Å². The first kappa shape index (κ1) is 22.3. The van der Waals surface area contributed by atoms with Crippen molar-refractivity contribution >= 4 is 20.9 Å². The highest BCUT2D eigenvalue weighted by Gasteiger charge is 2.17. The normalized spacial score (nSPS) is 11.5. The van der Waals surface area contributed by atoms with Crippen LogP contribution in [0, 0.1) is 11.6 Å². The molecule has 5 aromatic rings. The Balaban J connectivity index is 1.58. The lowest BCUT2D eigenvalue weighted by Gasteiger charge is -2.13. The quantitative estimate of drug-likeness (QED) is 0.361. The third kappa shape index (κ3) is 4.77. The molecule has 0 spiro atoms. The number of hydrogen-bond acceptors (Lipinski definition) is 8. The molecule has 3 heterocycles. The lowest BCUT2D eigenvalue weighted by atomic mass is 10.2. The smallest absolute Gasteiger partial charge is 0.192 e. The predicted octanol–water partition coefficient (Wildman–Crippen LogP) is 4.68. The van der Waals surface area contributed by atoms with Gasteiger partial charge >= 0.3 is 0 Å². The molecule has 3 aromatic heterocycles. The van der Waals surface area contributed by atoms with Gasteiger partial charge < -0.3 is 14.5 Å². The van der Waals surface area contributed by atoms with E-state index in [0.717, 1.165) is 24.5 Å². The molecule has 9 nitrogen and oxygen atoms in total. The summed E-state index contributed by atoms with van der Waals surface area (Å²) in [5.41, 5.74) is 1.47. The molecule has 0 unspecified atom stereocenters. The third-order valence-corrected chi connectivity index (χ3v) is 5.78. The molecule has 0 aliphatic heterocycles. The summed E-state index contributed by atoms with van der Waals surface area (Å²) in [6.07, 6.45) is 6.84. The van der Waals surface area contributed by atoms with Crippen LogP contribution in [0.15, 0.2) is 72.3 Å². The molecule has 0 atom stereocenters. The summed E-state index contributed by atoms with van der Waals surface area (Å²) in [5.74, 6) is -1.06. The Morgan fingerprint density at radius 2 is 1.71 bits per heavy atom. The Morgan fingerprint density at radius 1 is 0.886 bits per heavy atom. The fourth-order valence-corrected chi connectivity index (χ4v) is 3.73. The Kier molecular flexibility index (Phi) is 5.57. The second-order valence-electron chi connectivity index (χ2n) is 7.38. The fraction of sp³-hybridized carbons (Fsp3) is 0.0435. The summed E-state index contributed by atoms with van der Waals surface area (Å²) in [4.78, 5) is 19.7. The Bertz CT molecular complexity index is 1640. The van der Waals surface area contributed by atoms with E-state index in [0.29, 0.717) is 22.6 Å². The average Bonchev–Trinajstić information content (AvgIpc) is 3.25. The highest BCUT2D eigenvalue weighted by Crippen LogP contribution is 2.39. The summed E-state index contributed by atoms with van der Waals surface area (Å²) in [5, 5.41) is -0.124. The zero-order valence-corrected chi connectivity index (χ0v) is 18.8. The molecule has 0 bridgehead atoms. The van der Waals surface area contributed by atoms with Gasteiger partial charge in [0.25, 0.3) is 0 Å². The molecule has 176 valence electrons. The van der Waals surface area contributed by atoms with Crippen molar-refractivity contribution < 1.29 is 26.7 Å². The Morgan fingerprint density at radius 3 is 2.43 bits per heavy atom. The van der Waals surface area contributed by atoms with Gasteiger partial charge in [0.05, 0.1) is 23.4 Å². The molecule has 0 saturated heterocycles. The number of aromatic nitrogens is 5. The van der Waals surface area contributed by atoms with E-state index in [2.05, 4.69) is 24.9 Å². The van der Waals surface area contributed by atoms with Crippen LogP contribution in [0.3, 0.4) is 0 Å². The van der Waals surface area contributed by atoms with Crippen LogP contribution >= 0.6 is 0 Å². The van der Waals surface area contributed by atoms with Crippen molar-refractivity contribution in [3.05, 3.63) is 78.9 Å². The van der Waals surface area contributed by atoms with E-state index < -0.39 is 21.5 Å². The maximum Gasteiger partial charge on any atom is 0.192 e. The van der Waals surface area contributed by atoms with Crippen molar-refractivity contribution in [3.8, 4) is 34.5 Å². The lowest BCUT2D eigenvalue weighted by Crippen LogP contribution is -2.00. The van der Waals surface area contributed by atoms with Crippen molar-refractivity contribution in [2.45, 2.75) is 5.03 Å². The van der Waals surface area contributed by atoms with Crippen molar-refractivity contribution in [3.63, 3.8) is 0 Å². The van der Waals surface area contributed by atoms with Gasteiger partial charge in [-0.05, 0) is 24.3 Å². The second kappa shape index (κ2) is 8.72. The molecule has 0 aliphatic rings. The molecule has 5 rings (SSSR count). The largest absolute Gasteiger partial charge is 0.452 e. The summed E-state index contributed by atoms with van der Waals surface area (Å²) in [7, 11) is -3.50. The number of benzene rings is 2. The maximum atomic E-state index is 14.3. The predicted molar refractivity (Wildman–Crippen MR) is 121 cm³/mol. The SMILES string of the molecule is CS(=O)(=O)c1ccc(Oc2cc3[nH]c(-c4cnccn4)nc3cc2Oc2cc(F)ccc2F)cn1. The molecule has 12 heteroatoms. The number of halogens is 2. The van der Waals surface area contributed by atoms with Crippen molar-refractivity contribution in [1.29, 1.82) is 0 Å². The number of H-pyrrole nitrogens is 1. The summed E-state index contributed by atoms with van der Waals surface area (Å²) in [6.45, 7) is 0. The van der Waals surface area contributed by atoms with E-state index in [1.807, 2.05) is 0 Å². The van der Waals surface area contributed by atoms with E-state index in [9.17, 15) is 17.2 Å². The number of nitrogens with one attached hydrogen (secondary N) is 1. The molecular formula is C23H15F2N5O4S. The number of nitrogens with zero attached hydrogens (tertiary/aromatic N) is 4. The number of rotatable bonds is 6. The zero-order valence-electron chi connectivity index (χ0n) is 17.9. The van der Waals surface area contributed by atoms with Gasteiger partial charge in [0.1, 0.15) is 17.3 Å². The molecule has 0 saturated carbocycles. The van der Waals surface area contributed by atoms with E-state index in [1.54, 1.807) is 6.07 Å². The van der Waals surface area contributed by atoms with E-state index in [1.165, 1.54) is 43.0 Å². The van der Waals surface area contributed by atoms with Crippen LogP contribution in [0.4, 0.5) is 8.78 Å². The first-order valence-corrected chi connectivity index (χ1v) is 11.9. The van der Waals surface area contributed by atoms with Crippen LogP contribution in [-0.2, 0) is 9.84 Å². The highest BCUT2D eigenvalue weighted by molar-refractivity contribution is 7.90. The van der Waals surface area contributed by atoms with Crippen molar-refractivity contribution in [1.82, 2.24) is 24.9 Å². The second-order valence-corrected chi connectivity index (χ2v) is 9.34. The first-order valence-electron chi connectivity index (χ1n) is 10.0. The maximum absolute atomic E-state index is 14.3. The minimum absolute atomic E-state index is 0.0337. The molecule has 0 amide bonds. The Labute approximate surface area is 197 Å². The number of pyridine rings is 1. The lowest BCUT2D eigenvalue weighted by molar-refractivity contribution is 0.399. The van der Waals surface area contributed by atoms with Gasteiger partial charge in [-0.25, -0.2) is 32.2 Å². The van der Waals surface area contributed by atoms with Gasteiger partial charge in [-0.15, -0.1) is 0 Å². The van der Waals surface area contributed by atoms with Crippen LogP contribution in [0.5, 0.6) is 23.0 Å². The summed E-state index contributed by atoms with van der Waals surface area (Å²) >= 11 is 0. The molecular weight excluding hydrogens is 480 g/mol. The summed E-state index contributed by atoms with van der Waals surface area (Å²) in [6, 6.07) is 8.57. The van der Waals surface area contributed by atoms with Gasteiger partial charge in [0.2, 0.25) is 0 Å². The van der Waals surface area contributed by atoms with Crippen LogP contribution in [-0.4, -0.2) is 39.6 Å². The van der Waals surface area contributed by atoms with Crippen LogP contribution < -0.4 is 9.47 Å². The average molecular weight is 495 g/mol. The van der Waals surface area contributed by atoms with Gasteiger partial charge in [0.15, 0.2) is 43.8 Å². The number of sulfone groups is 1. The molecule has 35 heavy (non-hydrogen) atoms. The molecule has 0 aliphatic carbocycles. The van der Waals surface area contributed by atoms with Gasteiger partial charge in [-0.1, -0.05) is 0 Å². The fourth-order valence-electron chi connectivity index (χ4n) is 3.17. The van der Waals surface area contributed by atoms with E-state index in [4.69, 9.17) is 9.47 Å². The zero-order chi connectivity index (χ0) is 24.6. The highest BCUT2D eigenvalue weighted by atomic mass is 32.2. The van der Waals surface area contributed by atoms with E-state index >= 15 is 0 Å². The monoisotopic (exact) mass is 495 g/mol. The first-order chi connectivity index (χ1) is 16.8. The Hall–Kier alpha value is -4.45. The topological polar surface area (TPSA) is 120 Å². The number of imidazole rings is 1. The van der Waals surface area contributed by atoms with Crippen LogP contribution in [0.2, 0.25) is 0 Å². The van der Waals surface area contributed by atoms with Gasteiger partial charge in [0, 0.05) is 36.8 Å². The number of hydrogen-bond donors (Lipinski definition) is 1. The molecule has 2 aromatic carbocycles. The van der Waals surface area contributed by atoms with Crippen LogP contribution in [0.1, 0.15) is 0 Å². The molecule has 0 radical (unpaired) electrons. The van der Waals surface area contributed by atoms with E-state index in [-0.39, 0.29) is 28.0 Å². The molecule has 0 fully saturated rings. The van der Waals surface area contributed by atoms with Crippen molar-refractivity contribution in [2.24, 2.45) is 0 Å². The standard InChI is InChI=1S/C23H15F2N5O4S/c1-35(31,32)22-5-3-14(11-28-22)33-20-9-16-17(30-23(29-16)18-12-26-6-7-27-18)10-21(20)34-19-8-13(24)2-4-15(19)25/h2-12H,1H3,(H,29,30). The number of ether oxygens (including phenoxy) is 2.